The van der Waals surface area contributed by atoms with Gasteiger partial charge in [0.25, 0.3) is 0 Å². The Labute approximate surface area is 115 Å². The van der Waals surface area contributed by atoms with E-state index in [4.69, 9.17) is 5.53 Å². The molecular weight excluding hydrogens is 266 g/mol. The molecule has 1 aromatic heterocycles. The molecule has 0 aliphatic rings. The molecule has 0 amide bonds. The Kier molecular flexibility index (Phi) is 6.34. The van der Waals surface area contributed by atoms with E-state index in [-0.39, 0.29) is 24.3 Å². The van der Waals surface area contributed by atoms with Gasteiger partial charge in [0.05, 0.1) is 24.0 Å². The Hall–Kier alpha value is -1.57. The number of hydrogen-bond donors (Lipinski definition) is 2. The minimum absolute atomic E-state index is 0.0582. The molecule has 0 saturated heterocycles. The second-order valence-corrected chi connectivity index (χ2v) is 4.89. The molecule has 0 aliphatic heterocycles. The summed E-state index contributed by atoms with van der Waals surface area (Å²) in [7, 11) is 0. The number of carbonyl (C=O) groups is 1. The van der Waals surface area contributed by atoms with Gasteiger partial charge in [-0.15, -0.1) is 0 Å². The van der Waals surface area contributed by atoms with Crippen molar-refractivity contribution >= 4 is 17.7 Å². The molecule has 9 heteroatoms. The van der Waals surface area contributed by atoms with E-state index in [2.05, 4.69) is 30.2 Å². The summed E-state index contributed by atoms with van der Waals surface area (Å²) < 4.78 is 3.07. The molecule has 2 N–H and O–H groups in total. The van der Waals surface area contributed by atoms with Crippen molar-refractivity contribution in [3.05, 3.63) is 21.8 Å². The molecule has 1 heterocycles. The van der Waals surface area contributed by atoms with Crippen molar-refractivity contribution in [3.63, 3.8) is 0 Å². The van der Waals surface area contributed by atoms with Gasteiger partial charge in [0, 0.05) is 17.3 Å². The van der Waals surface area contributed by atoms with Gasteiger partial charge in [0.2, 0.25) is 0 Å². The second kappa shape index (κ2) is 7.78. The predicted octanol–water partition coefficient (Wildman–Crippen LogP) is 1.62. The topological polar surface area (TPSA) is 119 Å². The Morgan fingerprint density at radius 3 is 2.79 bits per heavy atom. The molecule has 1 atom stereocenters. The van der Waals surface area contributed by atoms with Crippen LogP contribution in [0.25, 0.3) is 10.4 Å². The number of azide groups is 1. The number of carbonyl (C=O) groups excluding carboxylic acids is 1. The Bertz CT molecular complexity index is 466. The van der Waals surface area contributed by atoms with Crippen LogP contribution in [-0.2, 0) is 17.8 Å². The van der Waals surface area contributed by atoms with Crippen LogP contribution in [0.5, 0.6) is 0 Å². The van der Waals surface area contributed by atoms with Crippen LogP contribution < -0.4 is 4.72 Å². The van der Waals surface area contributed by atoms with E-state index in [9.17, 15) is 4.79 Å². The molecular formula is C10H17N7OS. The normalized spacial score (nSPS) is 12.2. The van der Waals surface area contributed by atoms with Crippen LogP contribution in [0, 0.1) is 5.92 Å². The van der Waals surface area contributed by atoms with Crippen molar-refractivity contribution in [2.75, 3.05) is 6.26 Å². The van der Waals surface area contributed by atoms with Gasteiger partial charge in [-0.25, -0.2) is 0 Å². The SMILES string of the molecule is CSN[C@@H](Cc1n[nH]nc1CN=[N+]=[N-])C(=O)C(C)C. The highest BCUT2D eigenvalue weighted by Crippen LogP contribution is 2.11. The molecule has 0 spiro atoms. The number of aromatic amines is 1. The Morgan fingerprint density at radius 2 is 2.21 bits per heavy atom. The van der Waals surface area contributed by atoms with E-state index >= 15 is 0 Å². The molecule has 0 saturated carbocycles. The fourth-order valence-corrected chi connectivity index (χ4v) is 2.09. The summed E-state index contributed by atoms with van der Waals surface area (Å²) >= 11 is 1.39. The molecule has 0 fully saturated rings. The lowest BCUT2D eigenvalue weighted by Gasteiger charge is -2.17. The third-order valence-electron chi connectivity index (χ3n) is 2.56. The monoisotopic (exact) mass is 283 g/mol. The lowest BCUT2D eigenvalue weighted by atomic mass is 9.98. The van der Waals surface area contributed by atoms with Crippen molar-refractivity contribution in [3.8, 4) is 0 Å². The van der Waals surface area contributed by atoms with Crippen molar-refractivity contribution < 1.29 is 4.79 Å². The van der Waals surface area contributed by atoms with Crippen LogP contribution in [0.1, 0.15) is 25.2 Å². The first-order valence-electron chi connectivity index (χ1n) is 5.81. The number of rotatable bonds is 8. The summed E-state index contributed by atoms with van der Waals surface area (Å²) in [5.41, 5.74) is 9.53. The van der Waals surface area contributed by atoms with Crippen LogP contribution in [0.4, 0.5) is 0 Å². The maximum Gasteiger partial charge on any atom is 0.153 e. The lowest BCUT2D eigenvalue weighted by molar-refractivity contribution is -0.123. The third-order valence-corrected chi connectivity index (χ3v) is 3.08. The predicted molar refractivity (Wildman–Crippen MR) is 73.2 cm³/mol. The number of Topliss-reactive ketones (excluding diaryl/α,β-unsaturated/α-hetero) is 1. The standard InChI is InChI=1S/C10H17N7OS/c1-6(2)10(18)8(15-19-3)4-7-9(5-12-16-11)14-17-13-7/h6,8,15H,4-5H2,1-3H3,(H,13,14,17)/t8-/m0/s1. The van der Waals surface area contributed by atoms with E-state index in [1.807, 2.05) is 20.1 Å². The number of ketones is 1. The first-order chi connectivity index (χ1) is 9.10. The van der Waals surface area contributed by atoms with Gasteiger partial charge < -0.3 is 0 Å². The van der Waals surface area contributed by atoms with Gasteiger partial charge in [0.1, 0.15) is 0 Å². The van der Waals surface area contributed by atoms with Crippen LogP contribution in [0.15, 0.2) is 5.11 Å². The number of nitrogens with one attached hydrogen (secondary N) is 2. The highest BCUT2D eigenvalue weighted by atomic mass is 32.2. The van der Waals surface area contributed by atoms with Gasteiger partial charge in [-0.2, -0.15) is 15.4 Å². The quantitative estimate of drug-likeness (QED) is 0.325. The fraction of sp³-hybridized carbons (Fsp3) is 0.700. The van der Waals surface area contributed by atoms with Crippen molar-refractivity contribution in [2.45, 2.75) is 32.9 Å². The van der Waals surface area contributed by atoms with E-state index < -0.39 is 0 Å². The van der Waals surface area contributed by atoms with Crippen LogP contribution >= 0.6 is 11.9 Å². The van der Waals surface area contributed by atoms with Gasteiger partial charge >= 0.3 is 0 Å². The molecule has 104 valence electrons. The largest absolute Gasteiger partial charge is 0.298 e. The third kappa shape index (κ3) is 4.55. The Morgan fingerprint density at radius 1 is 1.53 bits per heavy atom. The summed E-state index contributed by atoms with van der Waals surface area (Å²) in [6.07, 6.45) is 2.29. The molecule has 1 rings (SSSR count). The van der Waals surface area contributed by atoms with Crippen molar-refractivity contribution in [1.82, 2.24) is 20.1 Å². The molecule has 0 bridgehead atoms. The van der Waals surface area contributed by atoms with Gasteiger partial charge in [-0.3, -0.25) is 9.52 Å². The smallest absolute Gasteiger partial charge is 0.153 e. The average molecular weight is 283 g/mol. The number of nitrogens with zero attached hydrogens (tertiary/aromatic N) is 5. The minimum Gasteiger partial charge on any atom is -0.298 e. The van der Waals surface area contributed by atoms with Gasteiger partial charge in [-0.1, -0.05) is 30.9 Å². The molecule has 8 nitrogen and oxygen atoms in total. The highest BCUT2D eigenvalue weighted by molar-refractivity contribution is 7.96. The zero-order valence-electron chi connectivity index (χ0n) is 11.1. The van der Waals surface area contributed by atoms with Crippen molar-refractivity contribution in [1.29, 1.82) is 0 Å². The van der Waals surface area contributed by atoms with E-state index in [1.165, 1.54) is 11.9 Å². The molecule has 0 aliphatic carbocycles. The summed E-state index contributed by atoms with van der Waals surface area (Å²) in [5.74, 6) is 0.0595. The van der Waals surface area contributed by atoms with E-state index in [1.54, 1.807) is 0 Å². The fourth-order valence-electron chi connectivity index (χ4n) is 1.60. The molecule has 0 radical (unpaired) electrons. The molecule has 0 aromatic carbocycles. The minimum atomic E-state index is -0.329. The van der Waals surface area contributed by atoms with Crippen LogP contribution in [-0.4, -0.2) is 33.5 Å². The van der Waals surface area contributed by atoms with Crippen LogP contribution in [0.3, 0.4) is 0 Å². The van der Waals surface area contributed by atoms with Crippen LogP contribution in [0.2, 0.25) is 0 Å². The summed E-state index contributed by atoms with van der Waals surface area (Å²) in [5, 5.41) is 13.9. The molecule has 0 unspecified atom stereocenters. The maximum absolute atomic E-state index is 12.1. The highest BCUT2D eigenvalue weighted by Gasteiger charge is 2.23. The molecule has 19 heavy (non-hydrogen) atoms. The van der Waals surface area contributed by atoms with E-state index in [0.717, 1.165) is 0 Å². The zero-order valence-corrected chi connectivity index (χ0v) is 11.9. The summed E-state index contributed by atoms with van der Waals surface area (Å²) in [6.45, 7) is 3.85. The second-order valence-electron chi connectivity index (χ2n) is 4.24. The van der Waals surface area contributed by atoms with Gasteiger partial charge in [-0.05, 0) is 11.8 Å². The summed E-state index contributed by atoms with van der Waals surface area (Å²) in [4.78, 5) is 14.8. The summed E-state index contributed by atoms with van der Waals surface area (Å²) in [6, 6.07) is -0.329. The number of aromatic nitrogens is 3. The first-order valence-corrected chi connectivity index (χ1v) is 7.04. The number of H-pyrrole nitrogens is 1. The first kappa shape index (κ1) is 15.5. The van der Waals surface area contributed by atoms with Gasteiger partial charge in [0.15, 0.2) is 5.78 Å². The average Bonchev–Trinajstić information content (AvgIpc) is 2.82. The number of hydrogen-bond acceptors (Lipinski definition) is 6. The maximum atomic E-state index is 12.1. The Balaban J connectivity index is 2.81. The lowest BCUT2D eigenvalue weighted by Crippen LogP contribution is -2.37. The van der Waals surface area contributed by atoms with Crippen molar-refractivity contribution in [2.24, 2.45) is 11.0 Å². The zero-order chi connectivity index (χ0) is 14.3. The molecule has 1 aromatic rings. The van der Waals surface area contributed by atoms with E-state index in [0.29, 0.717) is 17.8 Å².